The van der Waals surface area contributed by atoms with Gasteiger partial charge < -0.3 is 4.90 Å². The standard InChI is InChI=1S/C25H21NO/c1-26(2)20-15-13-18(14-16-20)23-17-24(22-12-8-4-7-11-21(22)23)25(27)19-9-5-3-6-10-19/h3-17H,1-2H3. The first-order valence-corrected chi connectivity index (χ1v) is 9.04. The molecule has 0 amide bonds. The molecule has 0 bridgehead atoms. The molecule has 0 saturated carbocycles. The summed E-state index contributed by atoms with van der Waals surface area (Å²) in [6.07, 6.45) is 0. The fourth-order valence-corrected chi connectivity index (χ4v) is 3.43. The second kappa shape index (κ2) is 7.08. The number of hydrogen-bond acceptors (Lipinski definition) is 2. The van der Waals surface area contributed by atoms with Crippen LogP contribution in [0.1, 0.15) is 15.9 Å². The molecule has 0 aliphatic heterocycles. The molecule has 2 aliphatic carbocycles. The molecule has 0 saturated heterocycles. The maximum Gasteiger partial charge on any atom is 0.193 e. The lowest BCUT2D eigenvalue weighted by molar-refractivity contribution is 0.103. The predicted molar refractivity (Wildman–Crippen MR) is 113 cm³/mol. The van der Waals surface area contributed by atoms with E-state index >= 15 is 0 Å². The maximum atomic E-state index is 13.1. The zero-order chi connectivity index (χ0) is 18.8. The number of carbonyl (C=O) groups is 1. The van der Waals surface area contributed by atoms with E-state index in [1.54, 1.807) is 0 Å². The second-order valence-electron chi connectivity index (χ2n) is 6.85. The van der Waals surface area contributed by atoms with E-state index in [0.29, 0.717) is 5.56 Å². The summed E-state index contributed by atoms with van der Waals surface area (Å²) in [4.78, 5) is 15.2. The van der Waals surface area contributed by atoms with E-state index in [9.17, 15) is 4.79 Å². The number of fused-ring (bicyclic) bond motifs is 1. The Morgan fingerprint density at radius 1 is 0.667 bits per heavy atom. The number of benzene rings is 2. The number of anilines is 1. The molecule has 0 atom stereocenters. The van der Waals surface area contributed by atoms with Gasteiger partial charge in [-0.2, -0.15) is 0 Å². The fourth-order valence-electron chi connectivity index (χ4n) is 3.43. The Bertz CT molecular complexity index is 1050. The van der Waals surface area contributed by atoms with Crippen LogP contribution in [0.5, 0.6) is 0 Å². The first-order chi connectivity index (χ1) is 13.1. The van der Waals surface area contributed by atoms with Gasteiger partial charge in [0.05, 0.1) is 0 Å². The van der Waals surface area contributed by atoms with E-state index < -0.39 is 0 Å². The van der Waals surface area contributed by atoms with Crippen molar-refractivity contribution in [1.29, 1.82) is 0 Å². The summed E-state index contributed by atoms with van der Waals surface area (Å²) >= 11 is 0. The van der Waals surface area contributed by atoms with Gasteiger partial charge in [-0.1, -0.05) is 72.8 Å². The highest BCUT2D eigenvalue weighted by Gasteiger charge is 2.21. The maximum absolute atomic E-state index is 13.1. The molecular weight excluding hydrogens is 330 g/mol. The lowest BCUT2D eigenvalue weighted by atomic mass is 10.00. The second-order valence-corrected chi connectivity index (χ2v) is 6.85. The van der Waals surface area contributed by atoms with Gasteiger partial charge in [0.2, 0.25) is 0 Å². The molecular formula is C25H21NO. The lowest BCUT2D eigenvalue weighted by Crippen LogP contribution is -2.07. The topological polar surface area (TPSA) is 20.3 Å². The first-order valence-electron chi connectivity index (χ1n) is 9.04. The molecule has 0 heterocycles. The van der Waals surface area contributed by atoms with Gasteiger partial charge in [-0.05, 0) is 40.5 Å². The lowest BCUT2D eigenvalue weighted by Gasteiger charge is -2.12. The van der Waals surface area contributed by atoms with Crippen molar-refractivity contribution >= 4 is 11.5 Å². The Kier molecular flexibility index (Phi) is 4.47. The van der Waals surface area contributed by atoms with Crippen LogP contribution in [0.3, 0.4) is 0 Å². The minimum atomic E-state index is 0.0583. The van der Waals surface area contributed by atoms with Gasteiger partial charge in [0, 0.05) is 30.9 Å². The Balaban J connectivity index is 1.86. The highest BCUT2D eigenvalue weighted by molar-refractivity contribution is 6.15. The van der Waals surface area contributed by atoms with Gasteiger partial charge in [0.15, 0.2) is 5.78 Å². The van der Waals surface area contributed by atoms with Crippen molar-refractivity contribution in [1.82, 2.24) is 0 Å². The molecule has 27 heavy (non-hydrogen) atoms. The van der Waals surface area contributed by atoms with Crippen LogP contribution in [-0.2, 0) is 0 Å². The van der Waals surface area contributed by atoms with Crippen LogP contribution >= 0.6 is 0 Å². The van der Waals surface area contributed by atoms with E-state index in [0.717, 1.165) is 33.5 Å². The normalized spacial score (nSPS) is 10.7. The molecule has 0 fully saturated rings. The predicted octanol–water partition coefficient (Wildman–Crippen LogP) is 5.76. The third-order valence-electron chi connectivity index (χ3n) is 4.88. The minimum Gasteiger partial charge on any atom is -0.378 e. The summed E-state index contributed by atoms with van der Waals surface area (Å²) in [5, 5.41) is 0. The summed E-state index contributed by atoms with van der Waals surface area (Å²) in [6.45, 7) is 0. The molecule has 2 heteroatoms. The molecule has 4 rings (SSSR count). The van der Waals surface area contributed by atoms with Crippen LogP contribution in [0.25, 0.3) is 22.3 Å². The average Bonchev–Trinajstić information content (AvgIpc) is 2.89. The van der Waals surface area contributed by atoms with Crippen molar-refractivity contribution in [3.63, 3.8) is 0 Å². The number of rotatable bonds is 4. The summed E-state index contributed by atoms with van der Waals surface area (Å²) in [6, 6.07) is 30.1. The van der Waals surface area contributed by atoms with Crippen molar-refractivity contribution in [3.8, 4) is 22.3 Å². The SMILES string of the molecule is CN(C)c1ccc(-c2cc(C(=O)c3ccccc3)c3cccccc2-3)cc1. The van der Waals surface area contributed by atoms with Gasteiger partial charge in [0.25, 0.3) is 0 Å². The van der Waals surface area contributed by atoms with Gasteiger partial charge in [-0.25, -0.2) is 0 Å². The van der Waals surface area contributed by atoms with Gasteiger partial charge >= 0.3 is 0 Å². The van der Waals surface area contributed by atoms with E-state index in [1.807, 2.05) is 74.8 Å². The Hall–Kier alpha value is -3.39. The Morgan fingerprint density at radius 2 is 1.26 bits per heavy atom. The number of ketones is 1. The quantitative estimate of drug-likeness (QED) is 0.436. The van der Waals surface area contributed by atoms with Crippen molar-refractivity contribution in [2.24, 2.45) is 0 Å². The zero-order valence-corrected chi connectivity index (χ0v) is 15.5. The third-order valence-corrected chi connectivity index (χ3v) is 4.88. The summed E-state index contributed by atoms with van der Waals surface area (Å²) in [5.74, 6) is 0.0583. The molecule has 2 nitrogen and oxygen atoms in total. The Labute approximate surface area is 160 Å². The molecule has 0 spiro atoms. The third kappa shape index (κ3) is 3.22. The summed E-state index contributed by atoms with van der Waals surface area (Å²) in [5.41, 5.74) is 6.90. The number of hydrogen-bond donors (Lipinski definition) is 0. The van der Waals surface area contributed by atoms with Crippen LogP contribution < -0.4 is 4.90 Å². The summed E-state index contributed by atoms with van der Waals surface area (Å²) < 4.78 is 0. The molecule has 2 aromatic carbocycles. The fraction of sp³-hybridized carbons (Fsp3) is 0.0800. The van der Waals surface area contributed by atoms with E-state index in [2.05, 4.69) is 35.2 Å². The Morgan fingerprint density at radius 3 is 1.89 bits per heavy atom. The van der Waals surface area contributed by atoms with Gasteiger partial charge in [-0.15, -0.1) is 0 Å². The molecule has 132 valence electrons. The monoisotopic (exact) mass is 351 g/mol. The van der Waals surface area contributed by atoms with Crippen LogP contribution in [-0.4, -0.2) is 19.9 Å². The highest BCUT2D eigenvalue weighted by atomic mass is 16.1. The largest absolute Gasteiger partial charge is 0.378 e. The first kappa shape index (κ1) is 17.0. The van der Waals surface area contributed by atoms with Gasteiger partial charge in [-0.3, -0.25) is 4.79 Å². The molecule has 0 unspecified atom stereocenters. The van der Waals surface area contributed by atoms with Crippen molar-refractivity contribution in [2.75, 3.05) is 19.0 Å². The number of carbonyl (C=O) groups excluding carboxylic acids is 1. The van der Waals surface area contributed by atoms with E-state index in [4.69, 9.17) is 0 Å². The van der Waals surface area contributed by atoms with E-state index in [1.165, 1.54) is 0 Å². The average molecular weight is 351 g/mol. The van der Waals surface area contributed by atoms with Crippen molar-refractivity contribution < 1.29 is 4.79 Å². The smallest absolute Gasteiger partial charge is 0.193 e. The van der Waals surface area contributed by atoms with Crippen LogP contribution in [0.15, 0.2) is 91.0 Å². The molecule has 0 aromatic heterocycles. The minimum absolute atomic E-state index is 0.0583. The van der Waals surface area contributed by atoms with Crippen LogP contribution in [0.4, 0.5) is 5.69 Å². The molecule has 0 radical (unpaired) electrons. The van der Waals surface area contributed by atoms with Crippen LogP contribution in [0, 0.1) is 0 Å². The summed E-state index contributed by atoms with van der Waals surface area (Å²) in [7, 11) is 4.06. The zero-order valence-electron chi connectivity index (χ0n) is 15.5. The van der Waals surface area contributed by atoms with Crippen LogP contribution in [0.2, 0.25) is 0 Å². The number of nitrogens with zero attached hydrogens (tertiary/aromatic N) is 1. The molecule has 2 aliphatic rings. The van der Waals surface area contributed by atoms with Crippen molar-refractivity contribution in [2.45, 2.75) is 0 Å². The van der Waals surface area contributed by atoms with Crippen molar-refractivity contribution in [3.05, 3.63) is 102 Å². The van der Waals surface area contributed by atoms with Gasteiger partial charge in [0.1, 0.15) is 0 Å². The molecule has 0 N–H and O–H groups in total. The molecule has 2 aromatic rings. The highest BCUT2D eigenvalue weighted by Crippen LogP contribution is 2.39. The van der Waals surface area contributed by atoms with E-state index in [-0.39, 0.29) is 5.78 Å².